The Morgan fingerprint density at radius 1 is 1.36 bits per heavy atom. The second-order valence-electron chi connectivity index (χ2n) is 6.10. The first-order valence-corrected chi connectivity index (χ1v) is 9.14. The van der Waals surface area contributed by atoms with Crippen LogP contribution in [0.5, 0.6) is 10.9 Å². The molecule has 1 aromatic carbocycles. The van der Waals surface area contributed by atoms with Gasteiger partial charge in [0.1, 0.15) is 12.4 Å². The van der Waals surface area contributed by atoms with E-state index in [0.717, 1.165) is 36.3 Å². The zero-order chi connectivity index (χ0) is 17.6. The van der Waals surface area contributed by atoms with Crippen LogP contribution in [0.3, 0.4) is 0 Å². The van der Waals surface area contributed by atoms with E-state index in [1.807, 2.05) is 29.6 Å². The van der Waals surface area contributed by atoms with E-state index in [2.05, 4.69) is 11.1 Å². The number of carbonyl (C=O) groups is 1. The summed E-state index contributed by atoms with van der Waals surface area (Å²) in [4.78, 5) is 15.3. The molecule has 1 aliphatic rings. The lowest BCUT2D eigenvalue weighted by molar-refractivity contribution is -0.138. The Morgan fingerprint density at radius 3 is 2.80 bits per heavy atom. The summed E-state index contributed by atoms with van der Waals surface area (Å²) in [6.45, 7) is 0.469. The van der Waals surface area contributed by atoms with E-state index >= 15 is 0 Å². The molecule has 1 unspecified atom stereocenters. The number of aliphatic carboxylic acids is 1. The Kier molecular flexibility index (Phi) is 5.71. The molecule has 1 aromatic heterocycles. The maximum Gasteiger partial charge on any atom is 0.303 e. The Morgan fingerprint density at radius 2 is 2.16 bits per heavy atom. The zero-order valence-electron chi connectivity index (χ0n) is 14.1. The lowest BCUT2D eigenvalue weighted by Gasteiger charge is -2.19. The lowest BCUT2D eigenvalue weighted by atomic mass is 9.86. The molecule has 25 heavy (non-hydrogen) atoms. The summed E-state index contributed by atoms with van der Waals surface area (Å²) in [6.07, 6.45) is 4.95. The highest BCUT2D eigenvalue weighted by molar-refractivity contribution is 7.11. The fourth-order valence-corrected chi connectivity index (χ4v) is 3.59. The molecule has 0 saturated carbocycles. The number of carboxylic acids is 1. The number of benzene rings is 1. The maximum atomic E-state index is 10.8. The number of aromatic nitrogens is 1. The first-order valence-electron chi connectivity index (χ1n) is 8.26. The van der Waals surface area contributed by atoms with Gasteiger partial charge < -0.3 is 14.6 Å². The highest BCUT2D eigenvalue weighted by Gasteiger charge is 2.19. The minimum Gasteiger partial charge on any atom is -0.497 e. The monoisotopic (exact) mass is 359 g/mol. The number of rotatable bonds is 7. The summed E-state index contributed by atoms with van der Waals surface area (Å²) in [5, 5.41) is 11.5. The molecule has 0 amide bonds. The molecule has 1 aliphatic carbocycles. The van der Waals surface area contributed by atoms with Gasteiger partial charge in [-0.3, -0.25) is 4.79 Å². The maximum absolute atomic E-state index is 10.8. The predicted octanol–water partition coefficient (Wildman–Crippen LogP) is 4.39. The van der Waals surface area contributed by atoms with Crippen LogP contribution < -0.4 is 9.47 Å². The minimum atomic E-state index is -0.718. The van der Waals surface area contributed by atoms with Crippen LogP contribution >= 0.6 is 11.3 Å². The standard InChI is InChI=1S/C19H21NO4S/c1-23-16-8-4-14(5-9-16)11-24-19-20-17(12-25-19)15-6-2-13(3-7-15)10-18(21)22/h4-6,8-9,12-13H,2-3,7,10-11H2,1H3,(H,21,22). The topological polar surface area (TPSA) is 68.7 Å². The normalized spacial score (nSPS) is 17.0. The van der Waals surface area contributed by atoms with E-state index in [0.29, 0.717) is 11.8 Å². The minimum absolute atomic E-state index is 0.241. The molecule has 3 rings (SSSR count). The Hall–Kier alpha value is -2.34. The second-order valence-corrected chi connectivity index (χ2v) is 6.92. The van der Waals surface area contributed by atoms with Gasteiger partial charge in [0.25, 0.3) is 5.19 Å². The number of hydrogen-bond acceptors (Lipinski definition) is 5. The number of methoxy groups -OCH3 is 1. The van der Waals surface area contributed by atoms with Crippen molar-refractivity contribution in [3.63, 3.8) is 0 Å². The van der Waals surface area contributed by atoms with Crippen LogP contribution in [-0.4, -0.2) is 23.2 Å². The van der Waals surface area contributed by atoms with Crippen molar-refractivity contribution >= 4 is 22.9 Å². The lowest BCUT2D eigenvalue weighted by Crippen LogP contribution is -2.10. The van der Waals surface area contributed by atoms with Gasteiger partial charge in [-0.1, -0.05) is 29.5 Å². The summed E-state index contributed by atoms with van der Waals surface area (Å²) in [7, 11) is 1.65. The van der Waals surface area contributed by atoms with Crippen molar-refractivity contribution in [2.75, 3.05) is 7.11 Å². The van der Waals surface area contributed by atoms with E-state index in [4.69, 9.17) is 14.6 Å². The van der Waals surface area contributed by atoms with Crippen molar-refractivity contribution < 1.29 is 19.4 Å². The smallest absolute Gasteiger partial charge is 0.303 e. The number of carboxylic acid groups (broad SMARTS) is 1. The average Bonchev–Trinajstić information content (AvgIpc) is 3.09. The molecule has 0 saturated heterocycles. The van der Waals surface area contributed by atoms with Crippen molar-refractivity contribution in [3.8, 4) is 10.9 Å². The quantitative estimate of drug-likeness (QED) is 0.794. The molecule has 2 aromatic rings. The molecule has 0 aliphatic heterocycles. The highest BCUT2D eigenvalue weighted by Crippen LogP contribution is 2.33. The number of nitrogens with zero attached hydrogens (tertiary/aromatic N) is 1. The molecule has 5 nitrogen and oxygen atoms in total. The van der Waals surface area contributed by atoms with Gasteiger partial charge in [-0.25, -0.2) is 4.98 Å². The van der Waals surface area contributed by atoms with Crippen molar-refractivity contribution in [1.29, 1.82) is 0 Å². The first-order chi connectivity index (χ1) is 12.1. The molecule has 0 spiro atoms. The van der Waals surface area contributed by atoms with Crippen molar-refractivity contribution in [2.24, 2.45) is 5.92 Å². The van der Waals surface area contributed by atoms with E-state index < -0.39 is 5.97 Å². The predicted molar refractivity (Wildman–Crippen MR) is 97.0 cm³/mol. The third-order valence-electron chi connectivity index (χ3n) is 4.32. The summed E-state index contributed by atoms with van der Waals surface area (Å²) in [5.74, 6) is 0.348. The Labute approximate surface area is 150 Å². The van der Waals surface area contributed by atoms with E-state index in [1.54, 1.807) is 7.11 Å². The van der Waals surface area contributed by atoms with Gasteiger partial charge in [0, 0.05) is 11.8 Å². The molecule has 0 fully saturated rings. The molecule has 1 N–H and O–H groups in total. The largest absolute Gasteiger partial charge is 0.497 e. The summed E-state index contributed by atoms with van der Waals surface area (Å²) in [5.41, 5.74) is 3.20. The van der Waals surface area contributed by atoms with E-state index in [-0.39, 0.29) is 12.3 Å². The summed E-state index contributed by atoms with van der Waals surface area (Å²) in [6, 6.07) is 7.76. The van der Waals surface area contributed by atoms with Crippen molar-refractivity contribution in [2.45, 2.75) is 32.3 Å². The Bertz CT molecular complexity index is 751. The van der Waals surface area contributed by atoms with Gasteiger partial charge in [0.15, 0.2) is 0 Å². The highest BCUT2D eigenvalue weighted by atomic mass is 32.1. The molecule has 1 atom stereocenters. The number of thiazole rings is 1. The first kappa shape index (κ1) is 17.5. The third kappa shape index (κ3) is 4.82. The number of hydrogen-bond donors (Lipinski definition) is 1. The molecule has 1 heterocycles. The Balaban J connectivity index is 1.55. The summed E-state index contributed by atoms with van der Waals surface area (Å²) >= 11 is 1.49. The van der Waals surface area contributed by atoms with Crippen LogP contribution in [0, 0.1) is 5.92 Å². The SMILES string of the molecule is COc1ccc(COc2nc(C3=CCC(CC(=O)O)CC3)cs2)cc1. The molecule has 0 radical (unpaired) electrons. The second kappa shape index (κ2) is 8.16. The number of ether oxygens (including phenoxy) is 2. The molecule has 0 bridgehead atoms. The average molecular weight is 359 g/mol. The third-order valence-corrected chi connectivity index (χ3v) is 5.07. The van der Waals surface area contributed by atoms with Crippen LogP contribution in [-0.2, 0) is 11.4 Å². The fourth-order valence-electron chi connectivity index (χ4n) is 2.89. The molecular weight excluding hydrogens is 338 g/mol. The van der Waals surface area contributed by atoms with Crippen molar-refractivity contribution in [3.05, 3.63) is 47.0 Å². The van der Waals surface area contributed by atoms with Gasteiger partial charge in [-0.05, 0) is 48.4 Å². The van der Waals surface area contributed by atoms with Gasteiger partial charge in [-0.2, -0.15) is 0 Å². The van der Waals surface area contributed by atoms with E-state index in [9.17, 15) is 4.79 Å². The summed E-state index contributed by atoms with van der Waals surface area (Å²) < 4.78 is 10.9. The fraction of sp³-hybridized carbons (Fsp3) is 0.368. The van der Waals surface area contributed by atoms with Crippen LogP contribution in [0.4, 0.5) is 0 Å². The van der Waals surface area contributed by atoms with Crippen LogP contribution in [0.1, 0.15) is 36.9 Å². The van der Waals surface area contributed by atoms with Gasteiger partial charge in [0.05, 0.1) is 12.8 Å². The van der Waals surface area contributed by atoms with E-state index in [1.165, 1.54) is 16.9 Å². The molecule has 132 valence electrons. The van der Waals surface area contributed by atoms with Gasteiger partial charge >= 0.3 is 5.97 Å². The van der Waals surface area contributed by atoms with Gasteiger partial charge in [0.2, 0.25) is 0 Å². The van der Waals surface area contributed by atoms with Crippen LogP contribution in [0.15, 0.2) is 35.7 Å². The van der Waals surface area contributed by atoms with Crippen LogP contribution in [0.25, 0.3) is 5.57 Å². The van der Waals surface area contributed by atoms with Gasteiger partial charge in [-0.15, -0.1) is 0 Å². The van der Waals surface area contributed by atoms with Crippen LogP contribution in [0.2, 0.25) is 0 Å². The number of allylic oxidation sites excluding steroid dienone is 2. The molecular formula is C19H21NO4S. The van der Waals surface area contributed by atoms with Crippen molar-refractivity contribution in [1.82, 2.24) is 4.98 Å². The zero-order valence-corrected chi connectivity index (χ0v) is 14.9. The molecule has 6 heteroatoms.